The van der Waals surface area contributed by atoms with Crippen molar-refractivity contribution in [3.63, 3.8) is 0 Å². The van der Waals surface area contributed by atoms with Crippen molar-refractivity contribution in [3.05, 3.63) is 12.2 Å². The Labute approximate surface area is 420 Å². The normalized spacial score (nSPS) is 19.5. The molecule has 0 radical (unpaired) electrons. The third kappa shape index (κ3) is 38.6. The number of hydrogen-bond donors (Lipinski definition) is 6. The quantitative estimate of drug-likeness (QED) is 0.0261. The van der Waals surface area contributed by atoms with Gasteiger partial charge in [0.1, 0.15) is 24.4 Å². The Morgan fingerprint density at radius 1 is 0.485 bits per heavy atom. The molecule has 1 amide bonds. The van der Waals surface area contributed by atoms with E-state index >= 15 is 0 Å². The second-order valence-electron chi connectivity index (χ2n) is 21.2. The van der Waals surface area contributed by atoms with E-state index in [9.17, 15) is 30.3 Å². The second-order valence-corrected chi connectivity index (χ2v) is 21.2. The number of amides is 1. The summed E-state index contributed by atoms with van der Waals surface area (Å²) in [4.78, 5) is 13.0. The van der Waals surface area contributed by atoms with Crippen molar-refractivity contribution in [2.24, 2.45) is 0 Å². The van der Waals surface area contributed by atoms with Gasteiger partial charge in [0.25, 0.3) is 0 Å². The molecule has 1 rings (SSSR count). The molecule has 0 aromatic rings. The van der Waals surface area contributed by atoms with Gasteiger partial charge in [0.2, 0.25) is 5.91 Å². The molecule has 404 valence electrons. The summed E-state index contributed by atoms with van der Waals surface area (Å²) in [5.74, 6) is -0.173. The predicted molar refractivity (Wildman–Crippen MR) is 286 cm³/mol. The Bertz CT molecular complexity index is 1080. The topological polar surface area (TPSA) is 149 Å². The van der Waals surface area contributed by atoms with Gasteiger partial charge in [0.05, 0.1) is 25.4 Å². The summed E-state index contributed by atoms with van der Waals surface area (Å²) >= 11 is 0. The number of carbonyl (C=O) groups excluding carboxylic acids is 1. The van der Waals surface area contributed by atoms with Crippen molar-refractivity contribution in [3.8, 4) is 0 Å². The number of carbonyl (C=O) groups is 1. The van der Waals surface area contributed by atoms with E-state index in [1.54, 1.807) is 6.08 Å². The molecule has 1 aliphatic heterocycles. The fourth-order valence-electron chi connectivity index (χ4n) is 9.87. The molecular weight excluding hydrogens is 851 g/mol. The third-order valence-corrected chi connectivity index (χ3v) is 14.6. The molecule has 0 bridgehead atoms. The lowest BCUT2D eigenvalue weighted by atomic mass is 9.99. The second kappa shape index (κ2) is 49.5. The zero-order chi connectivity index (χ0) is 49.4. The third-order valence-electron chi connectivity index (χ3n) is 14.6. The van der Waals surface area contributed by atoms with Crippen LogP contribution in [0, 0.1) is 0 Å². The molecule has 0 saturated carbocycles. The predicted octanol–water partition coefficient (Wildman–Crippen LogP) is 14.8. The minimum atomic E-state index is -1.56. The number of unbranched alkanes of at least 4 members (excludes halogenated alkanes) is 42. The van der Waals surface area contributed by atoms with E-state index in [1.807, 2.05) is 6.08 Å². The highest BCUT2D eigenvalue weighted by Gasteiger charge is 2.44. The zero-order valence-electron chi connectivity index (χ0n) is 44.9. The Morgan fingerprint density at radius 2 is 0.809 bits per heavy atom. The molecule has 9 heteroatoms. The summed E-state index contributed by atoms with van der Waals surface area (Å²) in [6.45, 7) is 3.80. The first-order valence-corrected chi connectivity index (χ1v) is 29.9. The highest BCUT2D eigenvalue weighted by Crippen LogP contribution is 2.23. The van der Waals surface area contributed by atoms with Crippen LogP contribution in [0.5, 0.6) is 0 Å². The van der Waals surface area contributed by atoms with Gasteiger partial charge < -0.3 is 40.3 Å². The van der Waals surface area contributed by atoms with Crippen molar-refractivity contribution in [1.29, 1.82) is 0 Å². The van der Waals surface area contributed by atoms with E-state index < -0.39 is 49.5 Å². The van der Waals surface area contributed by atoms with Crippen LogP contribution in [-0.4, -0.2) is 87.5 Å². The summed E-state index contributed by atoms with van der Waals surface area (Å²) in [6, 6.07) is -0.799. The Kier molecular flexibility index (Phi) is 47.3. The lowest BCUT2D eigenvalue weighted by Crippen LogP contribution is -2.60. The average molecular weight is 967 g/mol. The molecule has 7 atom stereocenters. The zero-order valence-corrected chi connectivity index (χ0v) is 44.9. The van der Waals surface area contributed by atoms with E-state index in [4.69, 9.17) is 9.47 Å². The van der Waals surface area contributed by atoms with E-state index in [2.05, 4.69) is 19.2 Å². The molecule has 1 saturated heterocycles. The molecule has 0 spiro atoms. The molecule has 6 N–H and O–H groups in total. The maximum atomic E-state index is 13.0. The lowest BCUT2D eigenvalue weighted by Gasteiger charge is -2.40. The van der Waals surface area contributed by atoms with Crippen LogP contribution in [0.4, 0.5) is 0 Å². The van der Waals surface area contributed by atoms with E-state index in [0.29, 0.717) is 6.42 Å². The summed E-state index contributed by atoms with van der Waals surface area (Å²) < 4.78 is 11.3. The van der Waals surface area contributed by atoms with E-state index in [1.165, 1.54) is 244 Å². The number of aliphatic hydroxyl groups excluding tert-OH is 5. The maximum absolute atomic E-state index is 13.0. The van der Waals surface area contributed by atoms with Crippen LogP contribution >= 0.6 is 0 Å². The molecule has 1 fully saturated rings. The molecular formula is C59H115NO8. The van der Waals surface area contributed by atoms with Crippen LogP contribution in [0.2, 0.25) is 0 Å². The van der Waals surface area contributed by atoms with Crippen LogP contribution in [0.15, 0.2) is 12.2 Å². The first kappa shape index (κ1) is 64.9. The molecule has 0 aromatic carbocycles. The van der Waals surface area contributed by atoms with Gasteiger partial charge in [0.15, 0.2) is 6.29 Å². The molecule has 0 aliphatic carbocycles. The minimum absolute atomic E-state index is 0.173. The van der Waals surface area contributed by atoms with Crippen LogP contribution in [0.1, 0.15) is 303 Å². The molecule has 68 heavy (non-hydrogen) atoms. The van der Waals surface area contributed by atoms with Gasteiger partial charge in [-0.3, -0.25) is 4.79 Å². The molecule has 9 nitrogen and oxygen atoms in total. The van der Waals surface area contributed by atoms with Crippen molar-refractivity contribution < 1.29 is 39.8 Å². The van der Waals surface area contributed by atoms with Crippen LogP contribution in [0.25, 0.3) is 0 Å². The highest BCUT2D eigenvalue weighted by atomic mass is 16.7. The molecule has 7 unspecified atom stereocenters. The molecule has 1 aliphatic rings. The van der Waals surface area contributed by atoms with Crippen LogP contribution in [-0.2, 0) is 14.3 Å². The number of allylic oxidation sites excluding steroid dienone is 1. The number of aliphatic hydroxyl groups is 5. The minimum Gasteiger partial charge on any atom is -0.394 e. The van der Waals surface area contributed by atoms with Gasteiger partial charge in [-0.2, -0.15) is 0 Å². The monoisotopic (exact) mass is 966 g/mol. The maximum Gasteiger partial charge on any atom is 0.220 e. The largest absolute Gasteiger partial charge is 0.394 e. The fourth-order valence-corrected chi connectivity index (χ4v) is 9.87. The number of ether oxygens (including phenoxy) is 2. The van der Waals surface area contributed by atoms with Crippen molar-refractivity contribution in [2.45, 2.75) is 346 Å². The van der Waals surface area contributed by atoms with E-state index in [-0.39, 0.29) is 12.5 Å². The van der Waals surface area contributed by atoms with Crippen LogP contribution < -0.4 is 5.32 Å². The van der Waals surface area contributed by atoms with Gasteiger partial charge in [-0.15, -0.1) is 0 Å². The average Bonchev–Trinajstić information content (AvgIpc) is 3.34. The molecule has 1 heterocycles. The van der Waals surface area contributed by atoms with E-state index in [0.717, 1.165) is 38.5 Å². The summed E-state index contributed by atoms with van der Waals surface area (Å²) in [5, 5.41) is 54.4. The highest BCUT2D eigenvalue weighted by molar-refractivity contribution is 5.76. The lowest BCUT2D eigenvalue weighted by molar-refractivity contribution is -0.302. The van der Waals surface area contributed by atoms with Crippen molar-refractivity contribution in [2.75, 3.05) is 13.2 Å². The van der Waals surface area contributed by atoms with Crippen molar-refractivity contribution >= 4 is 5.91 Å². The fraction of sp³-hybridized carbons (Fsp3) is 0.949. The Hall–Kier alpha value is -1.07. The van der Waals surface area contributed by atoms with Crippen molar-refractivity contribution in [1.82, 2.24) is 5.32 Å². The van der Waals surface area contributed by atoms with Gasteiger partial charge >= 0.3 is 0 Å². The van der Waals surface area contributed by atoms with Gasteiger partial charge in [-0.05, 0) is 19.3 Å². The standard InChI is InChI=1S/C59H115NO8/c1-3-5-7-9-11-13-15-17-18-19-20-21-22-23-24-25-26-27-28-29-30-31-32-33-34-35-36-37-38-40-42-44-46-48-53(62)52(51-67-59-58(66)57(65)56(64)54(50-61)68-59)60-55(63)49-47-45-43-41-39-16-14-12-10-8-6-4-2/h46,48,52-54,56-59,61-62,64-66H,3-45,47,49-51H2,1-2H3,(H,60,63)/b48-46+. The first-order valence-electron chi connectivity index (χ1n) is 29.9. The SMILES string of the molecule is CCCCCCCCCCCCCCCCCCCCCCCCCCCCCCCCC/C=C/C(O)C(COC1OC(CO)C(O)C(O)C1O)NC(=O)CCCCCCCCCCCCCC. The number of nitrogens with one attached hydrogen (secondary N) is 1. The van der Waals surface area contributed by atoms with Gasteiger partial charge in [0, 0.05) is 6.42 Å². The number of hydrogen-bond acceptors (Lipinski definition) is 8. The molecule has 0 aromatic heterocycles. The van der Waals surface area contributed by atoms with Gasteiger partial charge in [-0.1, -0.05) is 289 Å². The first-order chi connectivity index (χ1) is 33.3. The summed E-state index contributed by atoms with van der Waals surface area (Å²) in [7, 11) is 0. The van der Waals surface area contributed by atoms with Crippen LogP contribution in [0.3, 0.4) is 0 Å². The smallest absolute Gasteiger partial charge is 0.220 e. The Balaban J connectivity index is 2.10. The number of rotatable bonds is 52. The summed E-state index contributed by atoms with van der Waals surface area (Å²) in [6.07, 6.45) is 54.5. The summed E-state index contributed by atoms with van der Waals surface area (Å²) in [5.41, 5.74) is 0. The Morgan fingerprint density at radius 3 is 1.15 bits per heavy atom. The van der Waals surface area contributed by atoms with Gasteiger partial charge in [-0.25, -0.2) is 0 Å².